The summed E-state index contributed by atoms with van der Waals surface area (Å²) in [6, 6.07) is 8.07. The normalized spacial score (nSPS) is 26.6. The van der Waals surface area contributed by atoms with Crippen molar-refractivity contribution in [3.8, 4) is 0 Å². The Morgan fingerprint density at radius 2 is 2.00 bits per heavy atom. The number of hydrogen-bond donors (Lipinski definition) is 1. The van der Waals surface area contributed by atoms with Gasteiger partial charge >= 0.3 is 0 Å². The van der Waals surface area contributed by atoms with E-state index in [4.69, 9.17) is 0 Å². The van der Waals surface area contributed by atoms with Crippen LogP contribution in [0.2, 0.25) is 0 Å². The molecule has 2 aliphatic rings. The third-order valence-corrected chi connectivity index (χ3v) is 6.35. The van der Waals surface area contributed by atoms with Crippen molar-refractivity contribution in [2.45, 2.75) is 30.7 Å². The highest BCUT2D eigenvalue weighted by Crippen LogP contribution is 2.28. The van der Waals surface area contributed by atoms with Crippen LogP contribution < -0.4 is 10.2 Å². The van der Waals surface area contributed by atoms with Crippen molar-refractivity contribution in [1.29, 1.82) is 0 Å². The second kappa shape index (κ2) is 5.37. The lowest BCUT2D eigenvalue weighted by Gasteiger charge is -2.36. The molecule has 0 spiro atoms. The van der Waals surface area contributed by atoms with Crippen molar-refractivity contribution in [2.75, 3.05) is 30.3 Å². The van der Waals surface area contributed by atoms with Gasteiger partial charge in [0.1, 0.15) is 0 Å². The lowest BCUT2D eigenvalue weighted by atomic mass is 9.93. The summed E-state index contributed by atoms with van der Waals surface area (Å²) in [5, 5.41) is 3.56. The van der Waals surface area contributed by atoms with E-state index in [1.165, 1.54) is 12.8 Å². The maximum atomic E-state index is 11.8. The molecule has 0 saturated carbocycles. The summed E-state index contributed by atoms with van der Waals surface area (Å²) in [7, 11) is -3.09. The van der Waals surface area contributed by atoms with Gasteiger partial charge in [0.2, 0.25) is 0 Å². The Balaban J connectivity index is 1.75. The molecular formula is C15H22N2O2S. The van der Waals surface area contributed by atoms with Gasteiger partial charge in [-0.25, -0.2) is 8.42 Å². The molecule has 4 nitrogen and oxygen atoms in total. The first kappa shape index (κ1) is 13.9. The van der Waals surface area contributed by atoms with E-state index in [2.05, 4.69) is 10.2 Å². The van der Waals surface area contributed by atoms with Gasteiger partial charge in [0, 0.05) is 24.8 Å². The largest absolute Gasteiger partial charge is 0.371 e. The van der Waals surface area contributed by atoms with E-state index in [1.54, 1.807) is 19.1 Å². The van der Waals surface area contributed by atoms with Crippen LogP contribution in [0, 0.1) is 5.92 Å². The van der Waals surface area contributed by atoms with Gasteiger partial charge in [-0.1, -0.05) is 6.92 Å². The highest BCUT2D eigenvalue weighted by atomic mass is 32.2. The lowest BCUT2D eigenvalue weighted by molar-refractivity contribution is 0.376. The number of piperidine rings is 1. The van der Waals surface area contributed by atoms with Crippen molar-refractivity contribution in [3.05, 3.63) is 24.3 Å². The predicted octanol–water partition coefficient (Wildman–Crippen LogP) is 1.67. The number of rotatable bonds is 3. The fourth-order valence-electron chi connectivity index (χ4n) is 3.31. The highest BCUT2D eigenvalue weighted by molar-refractivity contribution is 7.91. The van der Waals surface area contributed by atoms with Crippen molar-refractivity contribution in [1.82, 2.24) is 5.32 Å². The number of hydrogen-bond acceptors (Lipinski definition) is 4. The zero-order valence-electron chi connectivity index (χ0n) is 11.9. The zero-order chi connectivity index (χ0) is 14.2. The molecule has 1 aromatic carbocycles. The first-order chi connectivity index (χ1) is 9.60. The van der Waals surface area contributed by atoms with E-state index in [-0.39, 0.29) is 5.75 Å². The number of nitrogens with one attached hydrogen (secondary N) is 1. The van der Waals surface area contributed by atoms with Crippen LogP contribution in [0.3, 0.4) is 0 Å². The fourth-order valence-corrected chi connectivity index (χ4v) is 4.20. The molecule has 0 aliphatic carbocycles. The first-order valence-electron chi connectivity index (χ1n) is 7.41. The third kappa shape index (κ3) is 2.56. The van der Waals surface area contributed by atoms with E-state index < -0.39 is 9.84 Å². The summed E-state index contributed by atoms with van der Waals surface area (Å²) >= 11 is 0. The Hall–Kier alpha value is -1.07. The van der Waals surface area contributed by atoms with E-state index in [1.807, 2.05) is 12.1 Å². The average Bonchev–Trinajstić information content (AvgIpc) is 2.94. The predicted molar refractivity (Wildman–Crippen MR) is 80.9 cm³/mol. The van der Waals surface area contributed by atoms with Gasteiger partial charge in [0.05, 0.1) is 10.6 Å². The molecule has 2 unspecified atom stereocenters. The van der Waals surface area contributed by atoms with Crippen molar-refractivity contribution >= 4 is 15.5 Å². The van der Waals surface area contributed by atoms with Crippen LogP contribution in [0.25, 0.3) is 0 Å². The molecule has 2 atom stereocenters. The van der Waals surface area contributed by atoms with Crippen LogP contribution in [0.15, 0.2) is 29.2 Å². The molecule has 3 rings (SSSR count). The molecule has 0 aromatic heterocycles. The van der Waals surface area contributed by atoms with E-state index in [0.717, 1.165) is 31.2 Å². The smallest absolute Gasteiger partial charge is 0.178 e. The summed E-state index contributed by atoms with van der Waals surface area (Å²) in [6.07, 6.45) is 2.43. The van der Waals surface area contributed by atoms with Crippen LogP contribution in [-0.4, -0.2) is 39.8 Å². The molecule has 110 valence electrons. The Morgan fingerprint density at radius 1 is 1.25 bits per heavy atom. The third-order valence-electron chi connectivity index (χ3n) is 4.60. The van der Waals surface area contributed by atoms with Crippen molar-refractivity contribution < 1.29 is 8.42 Å². The Labute approximate surface area is 121 Å². The SMILES string of the molecule is CCS(=O)(=O)c1ccc(N2CCC3NCCC3C2)cc1. The molecule has 0 bridgehead atoms. The summed E-state index contributed by atoms with van der Waals surface area (Å²) in [5.74, 6) is 0.897. The van der Waals surface area contributed by atoms with Crippen LogP contribution in [0.1, 0.15) is 19.8 Å². The molecule has 1 N–H and O–H groups in total. The second-order valence-electron chi connectivity index (χ2n) is 5.74. The van der Waals surface area contributed by atoms with Crippen LogP contribution in [0.5, 0.6) is 0 Å². The number of sulfone groups is 1. The molecule has 2 aliphatic heterocycles. The first-order valence-corrected chi connectivity index (χ1v) is 9.06. The minimum absolute atomic E-state index is 0.158. The standard InChI is InChI=1S/C15H22N2O2S/c1-2-20(18,19)14-5-3-13(4-6-14)17-10-8-15-12(11-17)7-9-16-15/h3-6,12,15-16H,2,7-11H2,1H3. The van der Waals surface area contributed by atoms with Crippen molar-refractivity contribution in [3.63, 3.8) is 0 Å². The van der Waals surface area contributed by atoms with Gasteiger partial charge in [0.25, 0.3) is 0 Å². The topological polar surface area (TPSA) is 49.4 Å². The number of fused-ring (bicyclic) bond motifs is 1. The molecule has 1 aromatic rings. The Kier molecular flexibility index (Phi) is 3.73. The molecular weight excluding hydrogens is 272 g/mol. The molecule has 2 fully saturated rings. The molecule has 5 heteroatoms. The number of anilines is 1. The summed E-state index contributed by atoms with van der Waals surface area (Å²) in [6.45, 7) is 4.95. The lowest BCUT2D eigenvalue weighted by Crippen LogP contribution is -2.44. The van der Waals surface area contributed by atoms with Gasteiger partial charge in [-0.05, 0) is 49.6 Å². The van der Waals surface area contributed by atoms with Gasteiger partial charge < -0.3 is 10.2 Å². The van der Waals surface area contributed by atoms with Gasteiger partial charge in [0.15, 0.2) is 9.84 Å². The summed E-state index contributed by atoms with van der Waals surface area (Å²) < 4.78 is 23.6. The monoisotopic (exact) mass is 294 g/mol. The fraction of sp³-hybridized carbons (Fsp3) is 0.600. The quantitative estimate of drug-likeness (QED) is 0.921. The zero-order valence-corrected chi connectivity index (χ0v) is 12.7. The van der Waals surface area contributed by atoms with Crippen LogP contribution >= 0.6 is 0 Å². The molecule has 0 radical (unpaired) electrons. The molecule has 2 heterocycles. The minimum Gasteiger partial charge on any atom is -0.371 e. The second-order valence-corrected chi connectivity index (χ2v) is 8.02. The summed E-state index contributed by atoms with van der Waals surface area (Å²) in [4.78, 5) is 2.82. The van der Waals surface area contributed by atoms with Gasteiger partial charge in [-0.3, -0.25) is 0 Å². The number of benzene rings is 1. The summed E-state index contributed by atoms with van der Waals surface area (Å²) in [5.41, 5.74) is 1.14. The molecule has 20 heavy (non-hydrogen) atoms. The molecule has 2 saturated heterocycles. The average molecular weight is 294 g/mol. The van der Waals surface area contributed by atoms with Gasteiger partial charge in [-0.15, -0.1) is 0 Å². The van der Waals surface area contributed by atoms with Crippen LogP contribution in [0.4, 0.5) is 5.69 Å². The minimum atomic E-state index is -3.09. The van der Waals surface area contributed by atoms with Crippen LogP contribution in [-0.2, 0) is 9.84 Å². The molecule has 0 amide bonds. The van der Waals surface area contributed by atoms with E-state index >= 15 is 0 Å². The number of nitrogens with zero attached hydrogens (tertiary/aromatic N) is 1. The van der Waals surface area contributed by atoms with E-state index in [0.29, 0.717) is 10.9 Å². The maximum Gasteiger partial charge on any atom is 0.178 e. The maximum absolute atomic E-state index is 11.8. The Morgan fingerprint density at radius 3 is 2.70 bits per heavy atom. The van der Waals surface area contributed by atoms with E-state index in [9.17, 15) is 8.42 Å². The highest BCUT2D eigenvalue weighted by Gasteiger charge is 2.32. The van der Waals surface area contributed by atoms with Gasteiger partial charge in [-0.2, -0.15) is 0 Å². The van der Waals surface area contributed by atoms with Crippen molar-refractivity contribution in [2.24, 2.45) is 5.92 Å². The Bertz CT molecular complexity index is 568.